The van der Waals surface area contributed by atoms with Gasteiger partial charge < -0.3 is 20.5 Å². The van der Waals surface area contributed by atoms with Gasteiger partial charge in [-0.2, -0.15) is 8.42 Å². The van der Waals surface area contributed by atoms with Crippen LogP contribution in [0.3, 0.4) is 0 Å². The van der Waals surface area contributed by atoms with E-state index in [0.717, 1.165) is 31.6 Å². The van der Waals surface area contributed by atoms with E-state index in [9.17, 15) is 32.7 Å². The normalized spacial score (nSPS) is 19.8. The van der Waals surface area contributed by atoms with Crippen LogP contribution in [-0.4, -0.2) is 87.9 Å². The van der Waals surface area contributed by atoms with Crippen LogP contribution in [0.4, 0.5) is 15.8 Å². The van der Waals surface area contributed by atoms with E-state index in [1.165, 1.54) is 23.8 Å². The van der Waals surface area contributed by atoms with Crippen molar-refractivity contribution in [3.05, 3.63) is 59.9 Å². The Labute approximate surface area is 282 Å². The molecule has 6 rings (SSSR count). The Morgan fingerprint density at radius 2 is 1.78 bits per heavy atom. The Morgan fingerprint density at radius 1 is 1.02 bits per heavy atom. The molecule has 0 aliphatic carbocycles. The highest BCUT2D eigenvalue weighted by Gasteiger charge is 2.38. The highest BCUT2D eigenvalue weighted by Crippen LogP contribution is 2.39. The number of carbonyl (C=O) groups is 4. The average Bonchev–Trinajstić information content (AvgIpc) is 3.34. The first-order valence-corrected chi connectivity index (χ1v) is 17.5. The van der Waals surface area contributed by atoms with Gasteiger partial charge in [0, 0.05) is 24.0 Å². The number of ether oxygens (including phenoxy) is 1. The number of aromatic hydroxyl groups is 1. The number of amides is 4. The largest absolute Gasteiger partial charge is 0.506 e. The van der Waals surface area contributed by atoms with Crippen LogP contribution in [0, 0.1) is 11.7 Å². The summed E-state index contributed by atoms with van der Waals surface area (Å²) >= 11 is 0. The fraction of sp³-hybridized carbons (Fsp3) is 0.394. The van der Waals surface area contributed by atoms with E-state index in [2.05, 4.69) is 33.0 Å². The molecule has 3 aliphatic heterocycles. The molecule has 260 valence electrons. The number of imide groups is 1. The van der Waals surface area contributed by atoms with E-state index in [1.54, 1.807) is 10.8 Å². The Bertz CT molecular complexity index is 1880. The van der Waals surface area contributed by atoms with Crippen LogP contribution < -0.4 is 29.7 Å². The second kappa shape index (κ2) is 14.3. The number of halogens is 1. The van der Waals surface area contributed by atoms with Crippen LogP contribution >= 0.6 is 0 Å². The number of phenolic OH excluding ortho intramolecular Hbond substituents is 1. The van der Waals surface area contributed by atoms with Crippen LogP contribution in [-0.2, 0) is 29.4 Å². The van der Waals surface area contributed by atoms with E-state index in [-0.39, 0.29) is 54.5 Å². The van der Waals surface area contributed by atoms with E-state index in [1.807, 2.05) is 12.1 Å². The predicted octanol–water partition coefficient (Wildman–Crippen LogP) is 1.70. The van der Waals surface area contributed by atoms with Gasteiger partial charge in [0.05, 0.1) is 19.0 Å². The van der Waals surface area contributed by atoms with Crippen LogP contribution in [0.5, 0.6) is 11.5 Å². The van der Waals surface area contributed by atoms with Crippen molar-refractivity contribution in [1.29, 1.82) is 0 Å². The van der Waals surface area contributed by atoms with Gasteiger partial charge in [-0.25, -0.2) is 13.4 Å². The Kier molecular flexibility index (Phi) is 9.87. The summed E-state index contributed by atoms with van der Waals surface area (Å²) in [6.45, 7) is 1.92. The van der Waals surface area contributed by atoms with Crippen LogP contribution in [0.2, 0.25) is 0 Å². The number of rotatable bonds is 11. The molecule has 0 radical (unpaired) electrons. The van der Waals surface area contributed by atoms with Gasteiger partial charge in [0.1, 0.15) is 30.3 Å². The highest BCUT2D eigenvalue weighted by atomic mass is 32.2. The summed E-state index contributed by atoms with van der Waals surface area (Å²) < 4.78 is 47.8. The molecule has 3 saturated heterocycles. The second-order valence-corrected chi connectivity index (χ2v) is 14.0. The van der Waals surface area contributed by atoms with Gasteiger partial charge >= 0.3 is 10.2 Å². The SMILES string of the molecule is O=C(CN1CCC(c2ccc(NCC3CCC(=O)NC3=O)cc2)CC1)NCCOc1ccc2cc(O)c(N3CC(=O)NS3(=O)=O)c(F)c2c1. The van der Waals surface area contributed by atoms with Gasteiger partial charge in [-0.15, -0.1) is 0 Å². The number of hydrogen-bond donors (Lipinski definition) is 5. The third-order valence-corrected chi connectivity index (χ3v) is 10.4. The quantitative estimate of drug-likeness (QED) is 0.146. The Hall–Kier alpha value is -4.96. The fourth-order valence-electron chi connectivity index (χ4n) is 6.37. The number of fused-ring (bicyclic) bond motifs is 1. The average molecular weight is 697 g/mol. The molecular weight excluding hydrogens is 659 g/mol. The number of benzene rings is 3. The monoisotopic (exact) mass is 696 g/mol. The standard InChI is InChI=1S/C33H37FN6O8S/c34-31-26-16-25(7-3-22(26)15-27(41)32(31)40-19-30(44)38-49(40,46)47)48-14-11-35-29(43)18-39-12-9-21(10-13-39)20-1-5-24(6-2-20)36-17-23-4-8-28(42)37-33(23)45/h1-3,5-7,15-16,21,23,36,41H,4,8-14,17-19H2,(H,35,43)(H,38,44)(H,37,42,45). The predicted molar refractivity (Wildman–Crippen MR) is 178 cm³/mol. The van der Waals surface area contributed by atoms with Gasteiger partial charge in [0.15, 0.2) is 5.82 Å². The summed E-state index contributed by atoms with van der Waals surface area (Å²) in [6, 6.07) is 13.8. The maximum atomic E-state index is 15.4. The molecule has 3 fully saturated rings. The topological polar surface area (TPSA) is 186 Å². The van der Waals surface area contributed by atoms with Crippen molar-refractivity contribution in [1.82, 2.24) is 20.3 Å². The third kappa shape index (κ3) is 7.86. The van der Waals surface area contributed by atoms with Crippen molar-refractivity contribution in [2.75, 3.05) is 55.5 Å². The minimum absolute atomic E-state index is 0.00956. The molecule has 0 saturated carbocycles. The van der Waals surface area contributed by atoms with Crippen LogP contribution in [0.25, 0.3) is 10.8 Å². The van der Waals surface area contributed by atoms with Crippen molar-refractivity contribution >= 4 is 56.0 Å². The van der Waals surface area contributed by atoms with Gasteiger partial charge in [-0.1, -0.05) is 18.2 Å². The molecule has 0 bridgehead atoms. The molecule has 5 N–H and O–H groups in total. The molecule has 16 heteroatoms. The van der Waals surface area contributed by atoms with Gasteiger partial charge in [0.2, 0.25) is 17.7 Å². The first-order chi connectivity index (χ1) is 23.5. The molecule has 3 aromatic rings. The van der Waals surface area contributed by atoms with Crippen molar-refractivity contribution < 1.29 is 41.8 Å². The molecule has 3 heterocycles. The number of hydrogen-bond acceptors (Lipinski definition) is 10. The molecule has 1 unspecified atom stereocenters. The maximum absolute atomic E-state index is 15.4. The maximum Gasteiger partial charge on any atom is 0.326 e. The summed E-state index contributed by atoms with van der Waals surface area (Å²) in [4.78, 5) is 49.6. The van der Waals surface area contributed by atoms with Gasteiger partial charge in [-0.05, 0) is 79.6 Å². The van der Waals surface area contributed by atoms with Crippen molar-refractivity contribution in [3.63, 3.8) is 0 Å². The third-order valence-electron chi connectivity index (χ3n) is 9.01. The number of phenols is 1. The molecule has 3 aliphatic rings. The Balaban J connectivity index is 0.927. The van der Waals surface area contributed by atoms with Crippen molar-refractivity contribution in [2.24, 2.45) is 5.92 Å². The smallest absolute Gasteiger partial charge is 0.326 e. The minimum Gasteiger partial charge on any atom is -0.506 e. The first kappa shape index (κ1) is 33.9. The van der Waals surface area contributed by atoms with Crippen LogP contribution in [0.1, 0.15) is 37.2 Å². The lowest BCUT2D eigenvalue weighted by Crippen LogP contribution is -2.43. The molecule has 14 nitrogen and oxygen atoms in total. The Morgan fingerprint density at radius 3 is 2.47 bits per heavy atom. The van der Waals surface area contributed by atoms with Gasteiger partial charge in [-0.3, -0.25) is 29.4 Å². The van der Waals surface area contributed by atoms with Crippen molar-refractivity contribution in [3.8, 4) is 11.5 Å². The number of anilines is 2. The number of likely N-dealkylation sites (tertiary alicyclic amines) is 1. The zero-order valence-electron chi connectivity index (χ0n) is 26.5. The molecule has 3 aromatic carbocycles. The number of nitrogens with one attached hydrogen (secondary N) is 4. The lowest BCUT2D eigenvalue weighted by atomic mass is 9.89. The number of piperidine rings is 2. The van der Waals surface area contributed by atoms with E-state index >= 15 is 4.39 Å². The summed E-state index contributed by atoms with van der Waals surface area (Å²) in [6.07, 6.45) is 2.73. The van der Waals surface area contributed by atoms with Gasteiger partial charge in [0.25, 0.3) is 5.91 Å². The molecular formula is C33H37FN6O8S. The van der Waals surface area contributed by atoms with Crippen molar-refractivity contribution in [2.45, 2.75) is 31.6 Å². The molecule has 0 aromatic heterocycles. The number of carbonyl (C=O) groups excluding carboxylic acids is 4. The minimum atomic E-state index is -4.33. The number of nitrogens with zero attached hydrogens (tertiary/aromatic N) is 2. The summed E-state index contributed by atoms with van der Waals surface area (Å²) in [5.41, 5.74) is 1.51. The lowest BCUT2D eigenvalue weighted by molar-refractivity contribution is -0.136. The zero-order valence-corrected chi connectivity index (χ0v) is 27.4. The lowest BCUT2D eigenvalue weighted by Gasteiger charge is -2.31. The fourth-order valence-corrected chi connectivity index (χ4v) is 7.53. The molecule has 49 heavy (non-hydrogen) atoms. The second-order valence-electron chi connectivity index (χ2n) is 12.4. The summed E-state index contributed by atoms with van der Waals surface area (Å²) in [5, 5.41) is 19.1. The molecule has 1 atom stereocenters. The van der Waals surface area contributed by atoms with E-state index in [0.29, 0.717) is 35.0 Å². The first-order valence-electron chi connectivity index (χ1n) is 16.0. The summed E-state index contributed by atoms with van der Waals surface area (Å²) in [5.74, 6) is -2.66. The zero-order chi connectivity index (χ0) is 34.7. The molecule has 0 spiro atoms. The van der Waals surface area contributed by atoms with Crippen LogP contribution in [0.15, 0.2) is 48.5 Å². The van der Waals surface area contributed by atoms with E-state index in [4.69, 9.17) is 4.74 Å². The van der Waals surface area contributed by atoms with E-state index < -0.39 is 39.9 Å². The molecule has 4 amide bonds. The summed E-state index contributed by atoms with van der Waals surface area (Å²) in [7, 11) is -4.33. The highest BCUT2D eigenvalue weighted by molar-refractivity contribution is 7.92.